The van der Waals surface area contributed by atoms with Crippen LogP contribution in [0, 0.1) is 17.7 Å². The van der Waals surface area contributed by atoms with Gasteiger partial charge in [0.15, 0.2) is 0 Å². The second-order valence-corrected chi connectivity index (χ2v) is 5.67. The summed E-state index contributed by atoms with van der Waals surface area (Å²) in [5, 5.41) is 4.23. The van der Waals surface area contributed by atoms with Crippen LogP contribution in [0.4, 0.5) is 4.39 Å². The molecule has 1 fully saturated rings. The highest BCUT2D eigenvalue weighted by atomic mass is 19.1. The summed E-state index contributed by atoms with van der Waals surface area (Å²) in [6, 6.07) is 6.90. The number of nitrogens with one attached hydrogen (secondary N) is 1. The molecule has 0 saturated heterocycles. The van der Waals surface area contributed by atoms with Crippen molar-refractivity contribution < 1.29 is 8.81 Å². The van der Waals surface area contributed by atoms with Crippen LogP contribution in [0.1, 0.15) is 38.0 Å². The van der Waals surface area contributed by atoms with E-state index in [9.17, 15) is 4.39 Å². The second kappa shape index (κ2) is 4.97. The van der Waals surface area contributed by atoms with E-state index in [2.05, 4.69) is 12.2 Å². The molecule has 3 heteroatoms. The fraction of sp³-hybridized carbons (Fsp3) is 0.500. The molecule has 1 saturated carbocycles. The molecule has 1 N–H and O–H groups in total. The van der Waals surface area contributed by atoms with Gasteiger partial charge in [0.25, 0.3) is 0 Å². The summed E-state index contributed by atoms with van der Waals surface area (Å²) in [6.45, 7) is 2.31. The fourth-order valence-electron chi connectivity index (χ4n) is 3.42. The quantitative estimate of drug-likeness (QED) is 0.892. The van der Waals surface area contributed by atoms with Gasteiger partial charge in [-0.15, -0.1) is 0 Å². The van der Waals surface area contributed by atoms with Crippen molar-refractivity contribution in [3.05, 3.63) is 35.8 Å². The molecule has 3 rings (SSSR count). The summed E-state index contributed by atoms with van der Waals surface area (Å²) >= 11 is 0. The fourth-order valence-corrected chi connectivity index (χ4v) is 3.42. The first-order valence-corrected chi connectivity index (χ1v) is 7.05. The molecular weight excluding hydrogens is 241 g/mol. The van der Waals surface area contributed by atoms with Crippen LogP contribution in [0.2, 0.25) is 0 Å². The van der Waals surface area contributed by atoms with Crippen LogP contribution < -0.4 is 5.32 Å². The third-order valence-electron chi connectivity index (χ3n) is 4.47. The Hall–Kier alpha value is -1.35. The van der Waals surface area contributed by atoms with Gasteiger partial charge in [-0.3, -0.25) is 0 Å². The molecule has 1 heterocycles. The van der Waals surface area contributed by atoms with Crippen LogP contribution in [-0.2, 0) is 0 Å². The van der Waals surface area contributed by atoms with Crippen molar-refractivity contribution in [2.45, 2.75) is 32.2 Å². The molecule has 0 aliphatic heterocycles. The minimum absolute atomic E-state index is 0.213. The minimum Gasteiger partial charge on any atom is -0.459 e. The first-order valence-electron chi connectivity index (χ1n) is 7.05. The van der Waals surface area contributed by atoms with Crippen molar-refractivity contribution in [3.63, 3.8) is 0 Å². The van der Waals surface area contributed by atoms with Crippen molar-refractivity contribution in [2.24, 2.45) is 11.8 Å². The van der Waals surface area contributed by atoms with Crippen LogP contribution in [0.25, 0.3) is 11.0 Å². The molecule has 1 aliphatic carbocycles. The monoisotopic (exact) mass is 261 g/mol. The van der Waals surface area contributed by atoms with E-state index in [4.69, 9.17) is 4.42 Å². The summed E-state index contributed by atoms with van der Waals surface area (Å²) in [5.41, 5.74) is 0.766. The highest BCUT2D eigenvalue weighted by Crippen LogP contribution is 2.41. The lowest BCUT2D eigenvalue weighted by Crippen LogP contribution is -2.26. The summed E-state index contributed by atoms with van der Waals surface area (Å²) in [4.78, 5) is 0. The molecule has 0 spiro atoms. The van der Waals surface area contributed by atoms with Crippen LogP contribution in [0.5, 0.6) is 0 Å². The maximum Gasteiger partial charge on any atom is 0.134 e. The number of hydrogen-bond donors (Lipinski definition) is 1. The SMILES string of the molecule is CNC(c1cc2cc(F)ccc2o1)C1CCCC1C. The zero-order chi connectivity index (χ0) is 13.4. The summed E-state index contributed by atoms with van der Waals surface area (Å²) in [6.07, 6.45) is 3.81. The Morgan fingerprint density at radius 1 is 1.32 bits per heavy atom. The van der Waals surface area contributed by atoms with Gasteiger partial charge in [0.1, 0.15) is 17.2 Å². The summed E-state index contributed by atoms with van der Waals surface area (Å²) < 4.78 is 19.1. The first-order chi connectivity index (χ1) is 9.19. The van der Waals surface area contributed by atoms with Gasteiger partial charge in [-0.1, -0.05) is 19.8 Å². The Balaban J connectivity index is 1.96. The van der Waals surface area contributed by atoms with E-state index in [1.165, 1.54) is 31.4 Å². The molecule has 2 nitrogen and oxygen atoms in total. The predicted molar refractivity (Wildman–Crippen MR) is 74.5 cm³/mol. The Labute approximate surface area is 113 Å². The largest absolute Gasteiger partial charge is 0.459 e. The van der Waals surface area contributed by atoms with Crippen molar-refractivity contribution >= 4 is 11.0 Å². The van der Waals surface area contributed by atoms with Crippen LogP contribution in [0.3, 0.4) is 0 Å². The molecule has 0 bridgehead atoms. The van der Waals surface area contributed by atoms with Crippen molar-refractivity contribution in [3.8, 4) is 0 Å². The molecule has 0 amide bonds. The normalized spacial score (nSPS) is 25.0. The number of benzene rings is 1. The van der Waals surface area contributed by atoms with Crippen molar-refractivity contribution in [1.82, 2.24) is 5.32 Å². The average molecular weight is 261 g/mol. The van der Waals surface area contributed by atoms with Gasteiger partial charge in [0, 0.05) is 5.39 Å². The highest BCUT2D eigenvalue weighted by molar-refractivity contribution is 5.78. The lowest BCUT2D eigenvalue weighted by molar-refractivity contribution is 0.282. The van der Waals surface area contributed by atoms with Gasteiger partial charge in [0.05, 0.1) is 6.04 Å². The van der Waals surface area contributed by atoms with Gasteiger partial charge in [-0.25, -0.2) is 4.39 Å². The number of furan rings is 1. The van der Waals surface area contributed by atoms with Crippen molar-refractivity contribution in [1.29, 1.82) is 0 Å². The summed E-state index contributed by atoms with van der Waals surface area (Å²) in [7, 11) is 1.98. The zero-order valence-corrected chi connectivity index (χ0v) is 11.4. The molecule has 3 unspecified atom stereocenters. The third kappa shape index (κ3) is 2.27. The minimum atomic E-state index is -0.213. The molecule has 2 aromatic rings. The van der Waals surface area contributed by atoms with E-state index >= 15 is 0 Å². The van der Waals surface area contributed by atoms with E-state index in [0.29, 0.717) is 11.8 Å². The molecular formula is C16H20FNO. The number of fused-ring (bicyclic) bond motifs is 1. The average Bonchev–Trinajstić information content (AvgIpc) is 2.97. The molecule has 19 heavy (non-hydrogen) atoms. The smallest absolute Gasteiger partial charge is 0.134 e. The first kappa shape index (κ1) is 12.7. The number of halogens is 1. The maximum absolute atomic E-state index is 13.2. The van der Waals surface area contributed by atoms with E-state index in [1.54, 1.807) is 6.07 Å². The van der Waals surface area contributed by atoms with Gasteiger partial charge in [-0.2, -0.15) is 0 Å². The molecule has 0 radical (unpaired) electrons. The molecule has 1 aromatic carbocycles. The van der Waals surface area contributed by atoms with E-state index < -0.39 is 0 Å². The van der Waals surface area contributed by atoms with Gasteiger partial charge in [-0.05, 0) is 49.6 Å². The third-order valence-corrected chi connectivity index (χ3v) is 4.47. The maximum atomic E-state index is 13.2. The molecule has 102 valence electrons. The molecule has 1 aliphatic rings. The van der Waals surface area contributed by atoms with Gasteiger partial charge < -0.3 is 9.73 Å². The highest BCUT2D eigenvalue weighted by Gasteiger charge is 2.32. The lowest BCUT2D eigenvalue weighted by Gasteiger charge is -2.24. The Kier molecular flexibility index (Phi) is 3.31. The van der Waals surface area contributed by atoms with Crippen LogP contribution >= 0.6 is 0 Å². The summed E-state index contributed by atoms with van der Waals surface area (Å²) in [5.74, 6) is 2.04. The standard InChI is InChI=1S/C16H20FNO/c1-10-4-3-5-13(10)16(18-2)15-9-11-8-12(17)6-7-14(11)19-15/h6-10,13,16,18H,3-5H2,1-2H3. The van der Waals surface area contributed by atoms with Crippen LogP contribution in [0.15, 0.2) is 28.7 Å². The van der Waals surface area contributed by atoms with E-state index in [1.807, 2.05) is 13.1 Å². The van der Waals surface area contributed by atoms with Gasteiger partial charge >= 0.3 is 0 Å². The predicted octanol–water partition coefficient (Wildman–Crippen LogP) is 4.27. The van der Waals surface area contributed by atoms with E-state index in [-0.39, 0.29) is 11.9 Å². The van der Waals surface area contributed by atoms with E-state index in [0.717, 1.165) is 16.7 Å². The molecule has 3 atom stereocenters. The number of hydrogen-bond acceptors (Lipinski definition) is 2. The second-order valence-electron chi connectivity index (χ2n) is 5.67. The Morgan fingerprint density at radius 3 is 2.84 bits per heavy atom. The zero-order valence-electron chi connectivity index (χ0n) is 11.4. The number of rotatable bonds is 3. The Bertz CT molecular complexity index is 577. The topological polar surface area (TPSA) is 25.2 Å². The van der Waals surface area contributed by atoms with Crippen LogP contribution in [-0.4, -0.2) is 7.05 Å². The van der Waals surface area contributed by atoms with Crippen molar-refractivity contribution in [2.75, 3.05) is 7.05 Å². The van der Waals surface area contributed by atoms with Gasteiger partial charge in [0.2, 0.25) is 0 Å². The molecule has 1 aromatic heterocycles. The lowest BCUT2D eigenvalue weighted by atomic mass is 9.89. The Morgan fingerprint density at radius 2 is 2.16 bits per heavy atom.